The van der Waals surface area contributed by atoms with E-state index in [1.807, 2.05) is 25.1 Å². The molecular weight excluding hydrogens is 259 g/mol. The van der Waals surface area contributed by atoms with E-state index in [9.17, 15) is 4.39 Å². The maximum absolute atomic E-state index is 14.0. The first kappa shape index (κ1) is 13.8. The summed E-state index contributed by atoms with van der Waals surface area (Å²) in [4.78, 5) is 0. The highest BCUT2D eigenvalue weighted by molar-refractivity contribution is 5.97. The molecule has 0 bridgehead atoms. The summed E-state index contributed by atoms with van der Waals surface area (Å²) in [5.41, 5.74) is 4.37. The van der Waals surface area contributed by atoms with Crippen LogP contribution in [0.5, 0.6) is 0 Å². The van der Waals surface area contributed by atoms with Crippen LogP contribution in [0.1, 0.15) is 30.9 Å². The minimum atomic E-state index is -0.167. The zero-order chi connectivity index (χ0) is 15.0. The zero-order valence-electron chi connectivity index (χ0n) is 12.7. The highest BCUT2D eigenvalue weighted by atomic mass is 19.1. The van der Waals surface area contributed by atoms with Gasteiger partial charge in [0.15, 0.2) is 0 Å². The number of fused-ring (bicyclic) bond motifs is 1. The quantitative estimate of drug-likeness (QED) is 0.533. The lowest BCUT2D eigenvalue weighted by molar-refractivity contribution is 0.625. The lowest BCUT2D eigenvalue weighted by atomic mass is 9.87. The SMILES string of the molecule is Cc1cc(F)cc(-c2cccc3ccccc23)c1C(C)C. The van der Waals surface area contributed by atoms with Crippen LogP contribution >= 0.6 is 0 Å². The molecule has 3 aromatic rings. The van der Waals surface area contributed by atoms with Crippen molar-refractivity contribution in [3.8, 4) is 11.1 Å². The van der Waals surface area contributed by atoms with Gasteiger partial charge in [-0.2, -0.15) is 0 Å². The van der Waals surface area contributed by atoms with Crippen molar-refractivity contribution in [2.75, 3.05) is 0 Å². The third kappa shape index (κ3) is 2.44. The minimum Gasteiger partial charge on any atom is -0.207 e. The summed E-state index contributed by atoms with van der Waals surface area (Å²) in [5.74, 6) is 0.194. The average Bonchev–Trinajstić information content (AvgIpc) is 2.45. The van der Waals surface area contributed by atoms with Crippen LogP contribution < -0.4 is 0 Å². The van der Waals surface area contributed by atoms with Gasteiger partial charge >= 0.3 is 0 Å². The summed E-state index contributed by atoms with van der Waals surface area (Å²) >= 11 is 0. The molecule has 0 aromatic heterocycles. The van der Waals surface area contributed by atoms with Gasteiger partial charge in [0.25, 0.3) is 0 Å². The molecular formula is C20H19F. The molecule has 0 saturated heterocycles. The lowest BCUT2D eigenvalue weighted by Crippen LogP contribution is -1.98. The van der Waals surface area contributed by atoms with Crippen molar-refractivity contribution in [1.82, 2.24) is 0 Å². The molecule has 3 rings (SSSR count). The Bertz CT molecular complexity index is 795. The molecule has 3 aromatic carbocycles. The number of benzene rings is 3. The summed E-state index contributed by atoms with van der Waals surface area (Å²) in [7, 11) is 0. The first-order chi connectivity index (χ1) is 10.1. The predicted octanol–water partition coefficient (Wildman–Crippen LogP) is 6.08. The summed E-state index contributed by atoms with van der Waals surface area (Å²) in [5, 5.41) is 2.36. The summed E-state index contributed by atoms with van der Waals surface area (Å²) in [6.07, 6.45) is 0. The first-order valence-corrected chi connectivity index (χ1v) is 7.36. The second-order valence-electron chi connectivity index (χ2n) is 5.87. The number of hydrogen-bond acceptors (Lipinski definition) is 0. The average molecular weight is 278 g/mol. The van der Waals surface area contributed by atoms with Gasteiger partial charge in [-0.15, -0.1) is 0 Å². The van der Waals surface area contributed by atoms with E-state index in [0.717, 1.165) is 16.7 Å². The van der Waals surface area contributed by atoms with Gasteiger partial charge in [-0.3, -0.25) is 0 Å². The minimum absolute atomic E-state index is 0.167. The molecule has 0 aliphatic heterocycles. The molecule has 0 amide bonds. The molecule has 0 saturated carbocycles. The van der Waals surface area contributed by atoms with Crippen LogP contribution in [0.3, 0.4) is 0 Å². The molecule has 0 N–H and O–H groups in total. The van der Waals surface area contributed by atoms with Gasteiger partial charge in [0.05, 0.1) is 0 Å². The first-order valence-electron chi connectivity index (χ1n) is 7.36. The molecule has 0 aliphatic carbocycles. The summed E-state index contributed by atoms with van der Waals surface area (Å²) < 4.78 is 14.0. The second kappa shape index (κ2) is 5.33. The molecule has 21 heavy (non-hydrogen) atoms. The topological polar surface area (TPSA) is 0 Å². The number of halogens is 1. The van der Waals surface area contributed by atoms with E-state index in [1.54, 1.807) is 12.1 Å². The molecule has 0 aliphatic rings. The van der Waals surface area contributed by atoms with Crippen LogP contribution in [0.25, 0.3) is 21.9 Å². The van der Waals surface area contributed by atoms with E-state index < -0.39 is 0 Å². The smallest absolute Gasteiger partial charge is 0.124 e. The fourth-order valence-electron chi connectivity index (χ4n) is 3.20. The number of rotatable bonds is 2. The molecule has 1 heteroatoms. The Morgan fingerprint density at radius 3 is 2.33 bits per heavy atom. The largest absolute Gasteiger partial charge is 0.207 e. The van der Waals surface area contributed by atoms with Crippen LogP contribution in [0, 0.1) is 12.7 Å². The predicted molar refractivity (Wildman–Crippen MR) is 88.2 cm³/mol. The van der Waals surface area contributed by atoms with Gasteiger partial charge in [0.2, 0.25) is 0 Å². The Labute approximate surface area is 125 Å². The Kier molecular flexibility index (Phi) is 3.50. The van der Waals surface area contributed by atoms with Crippen molar-refractivity contribution in [2.45, 2.75) is 26.7 Å². The Hall–Kier alpha value is -2.15. The Morgan fingerprint density at radius 1 is 0.857 bits per heavy atom. The molecule has 0 fully saturated rings. The Balaban J connectivity index is 2.38. The van der Waals surface area contributed by atoms with Crippen molar-refractivity contribution in [2.24, 2.45) is 0 Å². The van der Waals surface area contributed by atoms with Crippen LogP contribution in [0.2, 0.25) is 0 Å². The highest BCUT2D eigenvalue weighted by Crippen LogP contribution is 2.36. The van der Waals surface area contributed by atoms with Crippen molar-refractivity contribution in [1.29, 1.82) is 0 Å². The standard InChI is InChI=1S/C20H19F/c1-13(2)20-14(3)11-16(21)12-19(20)18-10-6-8-15-7-4-5-9-17(15)18/h4-13H,1-3H3. The van der Waals surface area contributed by atoms with Gasteiger partial charge in [0, 0.05) is 0 Å². The van der Waals surface area contributed by atoms with Gasteiger partial charge in [0.1, 0.15) is 5.82 Å². The maximum atomic E-state index is 14.0. The van der Waals surface area contributed by atoms with Gasteiger partial charge in [-0.25, -0.2) is 4.39 Å². The fraction of sp³-hybridized carbons (Fsp3) is 0.200. The van der Waals surface area contributed by atoms with Crippen LogP contribution in [0.15, 0.2) is 54.6 Å². The van der Waals surface area contributed by atoms with E-state index in [4.69, 9.17) is 0 Å². The van der Waals surface area contributed by atoms with Gasteiger partial charge in [-0.1, -0.05) is 56.3 Å². The lowest BCUT2D eigenvalue weighted by Gasteiger charge is -2.18. The summed E-state index contributed by atoms with van der Waals surface area (Å²) in [6, 6.07) is 17.8. The molecule has 0 heterocycles. The van der Waals surface area contributed by atoms with Crippen molar-refractivity contribution < 1.29 is 4.39 Å². The summed E-state index contributed by atoms with van der Waals surface area (Å²) in [6.45, 7) is 6.32. The highest BCUT2D eigenvalue weighted by Gasteiger charge is 2.15. The van der Waals surface area contributed by atoms with Gasteiger partial charge < -0.3 is 0 Å². The van der Waals surface area contributed by atoms with Crippen LogP contribution in [-0.2, 0) is 0 Å². The third-order valence-corrected chi connectivity index (χ3v) is 4.01. The fourth-order valence-corrected chi connectivity index (χ4v) is 3.20. The second-order valence-corrected chi connectivity index (χ2v) is 5.87. The molecule has 0 unspecified atom stereocenters. The zero-order valence-corrected chi connectivity index (χ0v) is 12.7. The van der Waals surface area contributed by atoms with E-state index in [-0.39, 0.29) is 5.82 Å². The molecule has 106 valence electrons. The van der Waals surface area contributed by atoms with Crippen LogP contribution in [-0.4, -0.2) is 0 Å². The van der Waals surface area contributed by atoms with E-state index in [1.165, 1.54) is 16.3 Å². The third-order valence-electron chi connectivity index (χ3n) is 4.01. The number of aryl methyl sites for hydroxylation is 1. The van der Waals surface area contributed by atoms with E-state index in [0.29, 0.717) is 5.92 Å². The van der Waals surface area contributed by atoms with E-state index in [2.05, 4.69) is 38.1 Å². The van der Waals surface area contributed by atoms with Crippen molar-refractivity contribution in [3.05, 3.63) is 71.5 Å². The maximum Gasteiger partial charge on any atom is 0.124 e. The Morgan fingerprint density at radius 2 is 1.57 bits per heavy atom. The van der Waals surface area contributed by atoms with Crippen LogP contribution in [0.4, 0.5) is 4.39 Å². The molecule has 0 atom stereocenters. The van der Waals surface area contributed by atoms with Gasteiger partial charge in [-0.05, 0) is 58.0 Å². The molecule has 0 nitrogen and oxygen atoms in total. The normalized spacial score (nSPS) is 11.3. The van der Waals surface area contributed by atoms with E-state index >= 15 is 0 Å². The monoisotopic (exact) mass is 278 g/mol. The molecule has 0 radical (unpaired) electrons. The van der Waals surface area contributed by atoms with Crippen molar-refractivity contribution in [3.63, 3.8) is 0 Å². The number of hydrogen-bond donors (Lipinski definition) is 0. The molecule has 0 spiro atoms. The van der Waals surface area contributed by atoms with Crippen molar-refractivity contribution >= 4 is 10.8 Å².